The second kappa shape index (κ2) is 5.34. The summed E-state index contributed by atoms with van der Waals surface area (Å²) in [6, 6.07) is 0. The Hall–Kier alpha value is -1.72. The molecule has 0 saturated carbocycles. The van der Waals surface area contributed by atoms with Gasteiger partial charge in [-0.1, -0.05) is 6.92 Å². The van der Waals surface area contributed by atoms with Crippen LogP contribution in [0, 0.1) is 5.82 Å². The minimum Gasteiger partial charge on any atom is -0.444 e. The summed E-state index contributed by atoms with van der Waals surface area (Å²) in [4.78, 5) is 21.3. The molecule has 0 aliphatic carbocycles. The van der Waals surface area contributed by atoms with E-state index in [4.69, 9.17) is 4.74 Å². The zero-order valence-corrected chi connectivity index (χ0v) is 12.3. The maximum absolute atomic E-state index is 14.1. The molecule has 2 heterocycles. The molecule has 0 radical (unpaired) electrons. The Labute approximate surface area is 118 Å². The molecule has 1 aliphatic rings. The van der Waals surface area contributed by atoms with Crippen LogP contribution in [0.15, 0.2) is 6.33 Å². The van der Waals surface area contributed by atoms with Crippen LogP contribution in [0.2, 0.25) is 0 Å². The SMILES string of the molecule is CCc1ncnc(C2CN(C(=O)OC(C)(C)C)C2)c1F. The Bertz CT molecular complexity index is 508. The highest BCUT2D eigenvalue weighted by Crippen LogP contribution is 2.29. The van der Waals surface area contributed by atoms with Gasteiger partial charge in [-0.3, -0.25) is 0 Å². The van der Waals surface area contributed by atoms with E-state index in [1.165, 1.54) is 6.33 Å². The van der Waals surface area contributed by atoms with E-state index < -0.39 is 5.60 Å². The van der Waals surface area contributed by atoms with Crippen molar-refractivity contribution in [2.24, 2.45) is 0 Å². The first-order valence-corrected chi connectivity index (χ1v) is 6.79. The van der Waals surface area contributed by atoms with Gasteiger partial charge < -0.3 is 9.64 Å². The van der Waals surface area contributed by atoms with Crippen LogP contribution in [0.5, 0.6) is 0 Å². The fourth-order valence-electron chi connectivity index (χ4n) is 2.08. The van der Waals surface area contributed by atoms with Crippen molar-refractivity contribution in [2.45, 2.75) is 45.6 Å². The van der Waals surface area contributed by atoms with E-state index in [2.05, 4.69) is 9.97 Å². The normalized spacial score (nSPS) is 15.9. The predicted octanol–water partition coefficient (Wildman–Crippen LogP) is 2.51. The van der Waals surface area contributed by atoms with Gasteiger partial charge >= 0.3 is 6.09 Å². The molecule has 2 rings (SSSR count). The Morgan fingerprint density at radius 3 is 2.65 bits per heavy atom. The lowest BCUT2D eigenvalue weighted by Gasteiger charge is -2.39. The molecule has 1 saturated heterocycles. The van der Waals surface area contributed by atoms with Crippen molar-refractivity contribution in [3.05, 3.63) is 23.5 Å². The summed E-state index contributed by atoms with van der Waals surface area (Å²) in [7, 11) is 0. The summed E-state index contributed by atoms with van der Waals surface area (Å²) in [6.07, 6.45) is 1.55. The number of aryl methyl sites for hydroxylation is 1. The molecule has 0 aromatic carbocycles. The molecule has 0 N–H and O–H groups in total. The number of carbonyl (C=O) groups excluding carboxylic acids is 1. The lowest BCUT2D eigenvalue weighted by molar-refractivity contribution is 0.00752. The lowest BCUT2D eigenvalue weighted by Crippen LogP contribution is -2.50. The van der Waals surface area contributed by atoms with E-state index >= 15 is 0 Å². The Balaban J connectivity index is 1.99. The maximum Gasteiger partial charge on any atom is 0.410 e. The second-order valence-corrected chi connectivity index (χ2v) is 5.96. The van der Waals surface area contributed by atoms with Crippen molar-refractivity contribution in [1.29, 1.82) is 0 Å². The zero-order valence-electron chi connectivity index (χ0n) is 12.3. The number of nitrogens with zero attached hydrogens (tertiary/aromatic N) is 3. The lowest BCUT2D eigenvalue weighted by atomic mass is 9.95. The number of ether oxygens (including phenoxy) is 1. The largest absolute Gasteiger partial charge is 0.444 e. The average Bonchev–Trinajstić information content (AvgIpc) is 2.27. The van der Waals surface area contributed by atoms with Crippen LogP contribution >= 0.6 is 0 Å². The van der Waals surface area contributed by atoms with Crippen LogP contribution in [0.25, 0.3) is 0 Å². The fourth-order valence-corrected chi connectivity index (χ4v) is 2.08. The first-order chi connectivity index (χ1) is 9.31. The van der Waals surface area contributed by atoms with E-state index in [0.717, 1.165) is 0 Å². The average molecular weight is 281 g/mol. The number of hydrogen-bond acceptors (Lipinski definition) is 4. The summed E-state index contributed by atoms with van der Waals surface area (Å²) in [6.45, 7) is 8.18. The highest BCUT2D eigenvalue weighted by molar-refractivity contribution is 5.69. The molecule has 0 bridgehead atoms. The summed E-state index contributed by atoms with van der Waals surface area (Å²) in [5.74, 6) is -0.417. The zero-order chi connectivity index (χ0) is 14.9. The first-order valence-electron chi connectivity index (χ1n) is 6.79. The Morgan fingerprint density at radius 1 is 1.45 bits per heavy atom. The molecular formula is C14H20FN3O2. The topological polar surface area (TPSA) is 55.3 Å². The van der Waals surface area contributed by atoms with Crippen LogP contribution in [0.3, 0.4) is 0 Å². The molecule has 1 fully saturated rings. The quantitative estimate of drug-likeness (QED) is 0.836. The summed E-state index contributed by atoms with van der Waals surface area (Å²) < 4.78 is 19.3. The van der Waals surface area contributed by atoms with Crippen molar-refractivity contribution < 1.29 is 13.9 Å². The van der Waals surface area contributed by atoms with Gasteiger partial charge in [-0.15, -0.1) is 0 Å². The van der Waals surface area contributed by atoms with Crippen molar-refractivity contribution in [3.63, 3.8) is 0 Å². The molecule has 1 aromatic rings. The molecule has 5 nitrogen and oxygen atoms in total. The Morgan fingerprint density at radius 2 is 2.10 bits per heavy atom. The molecule has 6 heteroatoms. The highest BCUT2D eigenvalue weighted by Gasteiger charge is 2.37. The maximum atomic E-state index is 14.1. The first kappa shape index (κ1) is 14.7. The monoisotopic (exact) mass is 281 g/mol. The molecule has 1 amide bonds. The Kier molecular flexibility index (Phi) is 3.92. The molecule has 110 valence electrons. The van der Waals surface area contributed by atoms with E-state index in [-0.39, 0.29) is 17.8 Å². The molecular weight excluding hydrogens is 261 g/mol. The van der Waals surface area contributed by atoms with Gasteiger partial charge in [-0.25, -0.2) is 19.2 Å². The minimum atomic E-state index is -0.516. The summed E-state index contributed by atoms with van der Waals surface area (Å²) >= 11 is 0. The summed E-state index contributed by atoms with van der Waals surface area (Å²) in [5, 5.41) is 0. The van der Waals surface area contributed by atoms with Crippen molar-refractivity contribution in [3.8, 4) is 0 Å². The standard InChI is InChI=1S/C14H20FN3O2/c1-5-10-11(15)12(17-8-16-10)9-6-18(7-9)13(19)20-14(2,3)4/h8-9H,5-7H2,1-4H3. The van der Waals surface area contributed by atoms with Gasteiger partial charge in [0.25, 0.3) is 0 Å². The van der Waals surface area contributed by atoms with E-state index in [0.29, 0.717) is 30.9 Å². The number of carbonyl (C=O) groups is 1. The van der Waals surface area contributed by atoms with Crippen molar-refractivity contribution >= 4 is 6.09 Å². The number of halogens is 1. The van der Waals surface area contributed by atoms with Crippen LogP contribution in [0.4, 0.5) is 9.18 Å². The number of aromatic nitrogens is 2. The molecule has 0 unspecified atom stereocenters. The van der Waals surface area contributed by atoms with Gasteiger partial charge in [-0.05, 0) is 27.2 Å². The molecule has 0 spiro atoms. The van der Waals surface area contributed by atoms with Crippen LogP contribution in [0.1, 0.15) is 45.0 Å². The van der Waals surface area contributed by atoms with E-state index in [1.54, 1.807) is 4.90 Å². The second-order valence-electron chi connectivity index (χ2n) is 5.96. The molecule has 0 atom stereocenters. The van der Waals surface area contributed by atoms with Gasteiger partial charge in [0.2, 0.25) is 0 Å². The third-order valence-corrected chi connectivity index (χ3v) is 3.14. The number of hydrogen-bond donors (Lipinski definition) is 0. The van der Waals surface area contributed by atoms with Crippen molar-refractivity contribution in [1.82, 2.24) is 14.9 Å². The number of rotatable bonds is 2. The molecule has 1 aromatic heterocycles. The third kappa shape index (κ3) is 3.05. The predicted molar refractivity (Wildman–Crippen MR) is 71.9 cm³/mol. The highest BCUT2D eigenvalue weighted by atomic mass is 19.1. The van der Waals surface area contributed by atoms with E-state index in [9.17, 15) is 9.18 Å². The third-order valence-electron chi connectivity index (χ3n) is 3.14. The smallest absolute Gasteiger partial charge is 0.410 e. The van der Waals surface area contributed by atoms with Gasteiger partial charge in [-0.2, -0.15) is 0 Å². The van der Waals surface area contributed by atoms with E-state index in [1.807, 2.05) is 27.7 Å². The molecule has 1 aliphatic heterocycles. The summed E-state index contributed by atoms with van der Waals surface area (Å²) in [5.41, 5.74) is 0.305. The van der Waals surface area contributed by atoms with Crippen LogP contribution in [-0.2, 0) is 11.2 Å². The molecule has 20 heavy (non-hydrogen) atoms. The van der Waals surface area contributed by atoms with Gasteiger partial charge in [0.15, 0.2) is 5.82 Å². The van der Waals surface area contributed by atoms with Crippen molar-refractivity contribution in [2.75, 3.05) is 13.1 Å². The van der Waals surface area contributed by atoms with Gasteiger partial charge in [0.05, 0.1) is 11.4 Å². The fraction of sp³-hybridized carbons (Fsp3) is 0.643. The number of amides is 1. The van der Waals surface area contributed by atoms with Gasteiger partial charge in [0.1, 0.15) is 11.9 Å². The van der Waals surface area contributed by atoms with Crippen LogP contribution in [-0.4, -0.2) is 39.7 Å². The van der Waals surface area contributed by atoms with Crippen LogP contribution < -0.4 is 0 Å². The number of likely N-dealkylation sites (tertiary alicyclic amines) is 1. The van der Waals surface area contributed by atoms with Gasteiger partial charge in [0, 0.05) is 19.0 Å². The minimum absolute atomic E-state index is 0.0733.